The van der Waals surface area contributed by atoms with Crippen molar-refractivity contribution in [1.82, 2.24) is 14.5 Å². The molecule has 1 aliphatic rings. The van der Waals surface area contributed by atoms with E-state index in [-0.39, 0.29) is 6.42 Å². The van der Waals surface area contributed by atoms with E-state index in [4.69, 9.17) is 0 Å². The molecule has 2 aromatic heterocycles. The molecule has 1 aromatic carbocycles. The molecule has 4 rings (SSSR count). The van der Waals surface area contributed by atoms with Crippen LogP contribution in [0, 0.1) is 18.7 Å². The first kappa shape index (κ1) is 17.1. The van der Waals surface area contributed by atoms with Crippen LogP contribution < -0.4 is 0 Å². The van der Waals surface area contributed by atoms with Crippen LogP contribution in [0.3, 0.4) is 0 Å². The van der Waals surface area contributed by atoms with Gasteiger partial charge in [-0.3, -0.25) is 0 Å². The summed E-state index contributed by atoms with van der Waals surface area (Å²) >= 11 is 0. The molecule has 0 amide bonds. The summed E-state index contributed by atoms with van der Waals surface area (Å²) in [6, 6.07) is 6.47. The van der Waals surface area contributed by atoms with Crippen LogP contribution in [0.4, 0.5) is 8.78 Å². The van der Waals surface area contributed by atoms with E-state index < -0.39 is 36.2 Å². The molecule has 1 saturated carbocycles. The Bertz CT molecular complexity index is 928. The van der Waals surface area contributed by atoms with E-state index >= 15 is 0 Å². The summed E-state index contributed by atoms with van der Waals surface area (Å²) < 4.78 is 29.8. The summed E-state index contributed by atoms with van der Waals surface area (Å²) in [5.41, 5.74) is 1.75. The van der Waals surface area contributed by atoms with Crippen LogP contribution in [-0.2, 0) is 0 Å². The standard InChI is InChI=1S/C19H19F2N3O2/c1-10-13-6-7-24(19(13)23-9-22-10)15-8-14(17(25)18(15)26)16(21)11-2-4-12(20)5-3-11/h2-7,9,14-18,25-26H,8H2,1H3/t14-,15-,16?,17-,18+/m1/s1. The third-order valence-corrected chi connectivity index (χ3v) is 5.33. The number of aliphatic hydroxyl groups is 2. The first-order valence-electron chi connectivity index (χ1n) is 8.51. The predicted octanol–water partition coefficient (Wildman–Crippen LogP) is 2.87. The lowest BCUT2D eigenvalue weighted by Gasteiger charge is -2.20. The zero-order chi connectivity index (χ0) is 18.4. The number of halogens is 2. The molecule has 0 spiro atoms. The third-order valence-electron chi connectivity index (χ3n) is 5.33. The van der Waals surface area contributed by atoms with Crippen molar-refractivity contribution in [3.05, 3.63) is 59.9 Å². The van der Waals surface area contributed by atoms with Gasteiger partial charge in [0.05, 0.1) is 17.8 Å². The predicted molar refractivity (Wildman–Crippen MR) is 91.7 cm³/mol. The Hall–Kier alpha value is -2.38. The fraction of sp³-hybridized carbons (Fsp3) is 0.368. The maximum atomic E-state index is 15.0. The van der Waals surface area contributed by atoms with Crippen molar-refractivity contribution >= 4 is 11.0 Å². The molecule has 1 fully saturated rings. The van der Waals surface area contributed by atoms with Gasteiger partial charge in [0.1, 0.15) is 30.1 Å². The van der Waals surface area contributed by atoms with Crippen LogP contribution in [-0.4, -0.2) is 37.0 Å². The number of nitrogens with zero attached hydrogens (tertiary/aromatic N) is 3. The zero-order valence-electron chi connectivity index (χ0n) is 14.1. The van der Waals surface area contributed by atoms with E-state index in [1.54, 1.807) is 10.8 Å². The number of hydrogen-bond donors (Lipinski definition) is 2. The highest BCUT2D eigenvalue weighted by Crippen LogP contribution is 2.44. The zero-order valence-corrected chi connectivity index (χ0v) is 14.1. The van der Waals surface area contributed by atoms with Gasteiger partial charge in [0.15, 0.2) is 0 Å². The van der Waals surface area contributed by atoms with Crippen molar-refractivity contribution in [2.24, 2.45) is 5.92 Å². The SMILES string of the molecule is Cc1ncnc2c1ccn2[C@@H]1C[C@H](C(F)c2ccc(F)cc2)[C@@H](O)[C@H]1O. The first-order chi connectivity index (χ1) is 12.5. The van der Waals surface area contributed by atoms with E-state index in [1.807, 2.05) is 13.0 Å². The lowest BCUT2D eigenvalue weighted by Crippen LogP contribution is -2.30. The van der Waals surface area contributed by atoms with Crippen molar-refractivity contribution in [3.8, 4) is 0 Å². The molecule has 5 atom stereocenters. The molecule has 3 aromatic rings. The molecule has 5 nitrogen and oxygen atoms in total. The lowest BCUT2D eigenvalue weighted by atomic mass is 9.93. The largest absolute Gasteiger partial charge is 0.390 e. The highest BCUT2D eigenvalue weighted by molar-refractivity contribution is 5.78. The van der Waals surface area contributed by atoms with E-state index in [2.05, 4.69) is 9.97 Å². The van der Waals surface area contributed by atoms with Gasteiger partial charge in [0, 0.05) is 17.5 Å². The molecule has 0 saturated heterocycles. The van der Waals surface area contributed by atoms with Crippen molar-refractivity contribution in [2.75, 3.05) is 0 Å². The van der Waals surface area contributed by atoms with Crippen molar-refractivity contribution < 1.29 is 19.0 Å². The summed E-state index contributed by atoms with van der Waals surface area (Å²) in [7, 11) is 0. The molecule has 26 heavy (non-hydrogen) atoms. The van der Waals surface area contributed by atoms with Crippen LogP contribution in [0.25, 0.3) is 11.0 Å². The molecular formula is C19H19F2N3O2. The monoisotopic (exact) mass is 359 g/mol. The number of fused-ring (bicyclic) bond motifs is 1. The van der Waals surface area contributed by atoms with E-state index in [0.717, 1.165) is 11.1 Å². The second kappa shape index (κ2) is 6.41. The van der Waals surface area contributed by atoms with Crippen LogP contribution in [0.5, 0.6) is 0 Å². The van der Waals surface area contributed by atoms with Crippen LogP contribution >= 0.6 is 0 Å². The summed E-state index contributed by atoms with van der Waals surface area (Å²) in [5, 5.41) is 21.8. The Kier molecular flexibility index (Phi) is 4.20. The van der Waals surface area contributed by atoms with Gasteiger partial charge in [-0.2, -0.15) is 0 Å². The molecule has 2 heterocycles. The van der Waals surface area contributed by atoms with Crippen LogP contribution in [0.15, 0.2) is 42.9 Å². The van der Waals surface area contributed by atoms with Crippen molar-refractivity contribution in [1.29, 1.82) is 0 Å². The van der Waals surface area contributed by atoms with E-state index in [0.29, 0.717) is 11.2 Å². The normalized spacial score (nSPS) is 27.1. The Balaban J connectivity index is 1.65. The second-order valence-corrected chi connectivity index (χ2v) is 6.82. The van der Waals surface area contributed by atoms with Crippen LogP contribution in [0.2, 0.25) is 0 Å². The van der Waals surface area contributed by atoms with E-state index in [1.165, 1.54) is 30.6 Å². The fourth-order valence-corrected chi connectivity index (χ4v) is 3.87. The molecule has 1 unspecified atom stereocenters. The number of aryl methyl sites for hydroxylation is 1. The molecule has 0 radical (unpaired) electrons. The number of aromatic nitrogens is 3. The maximum absolute atomic E-state index is 15.0. The Morgan fingerprint density at radius 2 is 1.85 bits per heavy atom. The topological polar surface area (TPSA) is 71.2 Å². The number of aliphatic hydroxyl groups excluding tert-OH is 2. The third kappa shape index (κ3) is 2.68. The van der Waals surface area contributed by atoms with Crippen molar-refractivity contribution in [3.63, 3.8) is 0 Å². The van der Waals surface area contributed by atoms with Crippen LogP contribution in [0.1, 0.15) is 29.9 Å². The van der Waals surface area contributed by atoms with Gasteiger partial charge in [-0.05, 0) is 37.1 Å². The summed E-state index contributed by atoms with van der Waals surface area (Å²) in [5.74, 6) is -1.24. The first-order valence-corrected chi connectivity index (χ1v) is 8.51. The summed E-state index contributed by atoms with van der Waals surface area (Å²) in [6.07, 6.45) is -0.373. The minimum absolute atomic E-state index is 0.244. The second-order valence-electron chi connectivity index (χ2n) is 6.82. The summed E-state index contributed by atoms with van der Waals surface area (Å²) in [6.45, 7) is 1.86. The molecule has 2 N–H and O–H groups in total. The lowest BCUT2D eigenvalue weighted by molar-refractivity contribution is -0.00972. The molecular weight excluding hydrogens is 340 g/mol. The van der Waals surface area contributed by atoms with Gasteiger partial charge in [-0.15, -0.1) is 0 Å². The Morgan fingerprint density at radius 3 is 2.58 bits per heavy atom. The highest BCUT2D eigenvalue weighted by Gasteiger charge is 2.46. The van der Waals surface area contributed by atoms with Gasteiger partial charge < -0.3 is 14.8 Å². The number of benzene rings is 1. The Labute approximate surface area is 148 Å². The van der Waals surface area contributed by atoms with Gasteiger partial charge in [0.25, 0.3) is 0 Å². The molecule has 0 aliphatic heterocycles. The molecule has 0 bridgehead atoms. The smallest absolute Gasteiger partial charge is 0.143 e. The Morgan fingerprint density at radius 1 is 1.12 bits per heavy atom. The molecule has 7 heteroatoms. The minimum atomic E-state index is -1.50. The summed E-state index contributed by atoms with van der Waals surface area (Å²) in [4.78, 5) is 8.41. The van der Waals surface area contributed by atoms with Gasteiger partial charge in [0.2, 0.25) is 0 Å². The van der Waals surface area contributed by atoms with Gasteiger partial charge in [-0.25, -0.2) is 18.7 Å². The average Bonchev–Trinajstić information content (AvgIpc) is 3.18. The van der Waals surface area contributed by atoms with Gasteiger partial charge >= 0.3 is 0 Å². The molecule has 1 aliphatic carbocycles. The highest BCUT2D eigenvalue weighted by atomic mass is 19.1. The van der Waals surface area contributed by atoms with E-state index in [9.17, 15) is 19.0 Å². The number of rotatable bonds is 3. The van der Waals surface area contributed by atoms with Gasteiger partial charge in [-0.1, -0.05) is 12.1 Å². The fourth-order valence-electron chi connectivity index (χ4n) is 3.87. The molecule has 136 valence electrons. The maximum Gasteiger partial charge on any atom is 0.143 e. The number of alkyl halides is 1. The quantitative estimate of drug-likeness (QED) is 0.754. The van der Waals surface area contributed by atoms with Crippen molar-refractivity contribution in [2.45, 2.75) is 37.8 Å². The number of hydrogen-bond acceptors (Lipinski definition) is 4. The minimum Gasteiger partial charge on any atom is -0.390 e. The average molecular weight is 359 g/mol.